The molecular formula is C40H35N9O3. The monoisotopic (exact) mass is 689 g/mol. The zero-order valence-electron chi connectivity index (χ0n) is 28.7. The Labute approximate surface area is 300 Å². The number of rotatable bonds is 9. The molecule has 12 nitrogen and oxygen atoms in total. The van der Waals surface area contributed by atoms with Crippen LogP contribution in [0.1, 0.15) is 28.8 Å². The molecule has 0 fully saturated rings. The fraction of sp³-hybridized carbons (Fsp3) is 0.100. The van der Waals surface area contributed by atoms with Gasteiger partial charge >= 0.3 is 0 Å². The second-order valence-corrected chi connectivity index (χ2v) is 11.8. The Kier molecular flexibility index (Phi) is 10.6. The lowest BCUT2D eigenvalue weighted by Crippen LogP contribution is -2.12. The van der Waals surface area contributed by atoms with Gasteiger partial charge in [0.25, 0.3) is 5.91 Å². The Hall–Kier alpha value is -7.26. The van der Waals surface area contributed by atoms with Gasteiger partial charge in [0.2, 0.25) is 0 Å². The average Bonchev–Trinajstić information content (AvgIpc) is 3.80. The molecule has 0 aliphatic rings. The third kappa shape index (κ3) is 9.04. The summed E-state index contributed by atoms with van der Waals surface area (Å²) in [5.74, 6) is 2.09. The van der Waals surface area contributed by atoms with Crippen molar-refractivity contribution in [2.24, 2.45) is 14.1 Å². The third-order valence-corrected chi connectivity index (χ3v) is 7.73. The largest absolute Gasteiger partial charge is 0.457 e. The molecule has 1 atom stereocenters. The number of ether oxygens (including phenoxy) is 2. The Morgan fingerprint density at radius 1 is 0.750 bits per heavy atom. The van der Waals surface area contributed by atoms with Gasteiger partial charge in [0.1, 0.15) is 23.0 Å². The Morgan fingerprint density at radius 3 is 1.87 bits per heavy atom. The van der Waals surface area contributed by atoms with E-state index in [1.54, 1.807) is 83.5 Å². The molecule has 258 valence electrons. The second-order valence-electron chi connectivity index (χ2n) is 11.8. The molecule has 3 N–H and O–H groups in total. The van der Waals surface area contributed by atoms with E-state index in [4.69, 9.17) is 20.5 Å². The van der Waals surface area contributed by atoms with Gasteiger partial charge in [0, 0.05) is 91.2 Å². The minimum Gasteiger partial charge on any atom is -0.457 e. The number of aromatic nitrogens is 6. The Balaban J connectivity index is 0.000000198. The van der Waals surface area contributed by atoms with Crippen LogP contribution in [0.25, 0.3) is 22.5 Å². The van der Waals surface area contributed by atoms with E-state index < -0.39 is 0 Å². The van der Waals surface area contributed by atoms with Gasteiger partial charge in [-0.05, 0) is 61.0 Å². The number of nitrogen functional groups attached to an aromatic ring is 1. The molecule has 4 heterocycles. The van der Waals surface area contributed by atoms with Crippen molar-refractivity contribution in [2.45, 2.75) is 12.8 Å². The highest BCUT2D eigenvalue weighted by molar-refractivity contribution is 6.04. The summed E-state index contributed by atoms with van der Waals surface area (Å²) in [5.41, 5.74) is 11.7. The molecule has 0 saturated heterocycles. The quantitative estimate of drug-likeness (QED) is 0.143. The summed E-state index contributed by atoms with van der Waals surface area (Å²) in [6, 6.07) is 31.0. The molecule has 4 aromatic heterocycles. The van der Waals surface area contributed by atoms with Gasteiger partial charge < -0.3 is 20.5 Å². The molecule has 52 heavy (non-hydrogen) atoms. The predicted molar refractivity (Wildman–Crippen MR) is 199 cm³/mol. The first-order valence-electron chi connectivity index (χ1n) is 16.2. The van der Waals surface area contributed by atoms with E-state index >= 15 is 0 Å². The lowest BCUT2D eigenvalue weighted by molar-refractivity contribution is 0.102. The highest BCUT2D eigenvalue weighted by atomic mass is 16.5. The molecule has 7 rings (SSSR count). The maximum absolute atomic E-state index is 12.7. The van der Waals surface area contributed by atoms with Crippen LogP contribution < -0.4 is 20.5 Å². The van der Waals surface area contributed by atoms with Gasteiger partial charge in [-0.1, -0.05) is 24.3 Å². The summed E-state index contributed by atoms with van der Waals surface area (Å²) in [7, 11) is 3.72. The number of hydrogen-bond donors (Lipinski definition) is 2. The molecule has 12 heteroatoms. The van der Waals surface area contributed by atoms with Crippen LogP contribution in [0.2, 0.25) is 0 Å². The molecule has 0 saturated carbocycles. The summed E-state index contributed by atoms with van der Waals surface area (Å²) >= 11 is 0. The standard InChI is InChI=1S/C25H21N5O2.C15H14N4O/c1-17(14-26)18-5-3-6-19(11-18)25(31)29-21-7-4-8-22(12-21)32-23-9-10-27-24(13-23)20-15-28-30(2)16-20;1-19-10-11(9-18-19)15-8-14(5-6-17-15)20-13-4-2-3-12(16)7-13/h3-13,15-17H,1-2H3,(H,29,31);2-10H,16H2,1H3. The summed E-state index contributed by atoms with van der Waals surface area (Å²) in [5, 5.41) is 20.3. The Bertz CT molecular complexity index is 2360. The number of amides is 1. The number of benzene rings is 3. The first-order chi connectivity index (χ1) is 25.2. The van der Waals surface area contributed by atoms with Crippen LogP contribution >= 0.6 is 0 Å². The molecule has 0 spiro atoms. The first-order valence-corrected chi connectivity index (χ1v) is 16.2. The van der Waals surface area contributed by atoms with Crippen LogP contribution in [0, 0.1) is 11.3 Å². The fourth-order valence-electron chi connectivity index (χ4n) is 5.09. The smallest absolute Gasteiger partial charge is 0.255 e. The second kappa shape index (κ2) is 16.0. The molecule has 7 aromatic rings. The van der Waals surface area contributed by atoms with Gasteiger partial charge in [-0.3, -0.25) is 24.1 Å². The van der Waals surface area contributed by atoms with Gasteiger partial charge in [0.15, 0.2) is 0 Å². The molecule has 1 unspecified atom stereocenters. The van der Waals surface area contributed by atoms with Gasteiger partial charge in [-0.2, -0.15) is 15.5 Å². The summed E-state index contributed by atoms with van der Waals surface area (Å²) in [6.07, 6.45) is 10.7. The highest BCUT2D eigenvalue weighted by Crippen LogP contribution is 2.28. The maximum Gasteiger partial charge on any atom is 0.255 e. The number of carbonyl (C=O) groups excluding carboxylic acids is 1. The SMILES string of the molecule is CC(C#N)c1cccc(C(=O)Nc2cccc(Oc3ccnc(-c4cnn(C)c4)c3)c2)c1.Cn1cc(-c2cc(Oc3cccc(N)c3)ccn2)cn1. The van der Waals surface area contributed by atoms with Crippen LogP contribution in [0.3, 0.4) is 0 Å². The van der Waals surface area contributed by atoms with Crippen LogP contribution in [0.15, 0.2) is 134 Å². The van der Waals surface area contributed by atoms with Crippen molar-refractivity contribution >= 4 is 17.3 Å². The molecule has 0 aliphatic carbocycles. The van der Waals surface area contributed by atoms with Gasteiger partial charge in [0.05, 0.1) is 35.8 Å². The summed E-state index contributed by atoms with van der Waals surface area (Å²) in [6.45, 7) is 1.80. The maximum atomic E-state index is 12.7. The minimum atomic E-state index is -0.281. The van der Waals surface area contributed by atoms with Crippen molar-refractivity contribution in [3.8, 4) is 51.6 Å². The van der Waals surface area contributed by atoms with E-state index in [0.717, 1.165) is 28.1 Å². The normalized spacial score (nSPS) is 11.0. The lowest BCUT2D eigenvalue weighted by Gasteiger charge is -2.10. The molecule has 0 aliphatic heterocycles. The predicted octanol–water partition coefficient (Wildman–Crippen LogP) is 8.01. The van der Waals surface area contributed by atoms with E-state index in [9.17, 15) is 4.79 Å². The number of anilines is 2. The van der Waals surface area contributed by atoms with Crippen LogP contribution in [0.4, 0.5) is 11.4 Å². The van der Waals surface area contributed by atoms with Crippen molar-refractivity contribution in [3.63, 3.8) is 0 Å². The number of nitrogens with zero attached hydrogens (tertiary/aromatic N) is 7. The number of nitrogens with one attached hydrogen (secondary N) is 1. The lowest BCUT2D eigenvalue weighted by atomic mass is 10.0. The summed E-state index contributed by atoms with van der Waals surface area (Å²) < 4.78 is 15.2. The van der Waals surface area contributed by atoms with Crippen LogP contribution in [-0.2, 0) is 14.1 Å². The average molecular weight is 690 g/mol. The number of aryl methyl sites for hydroxylation is 2. The molecule has 0 radical (unpaired) electrons. The number of nitriles is 1. The minimum absolute atomic E-state index is 0.253. The zero-order valence-corrected chi connectivity index (χ0v) is 28.7. The fourth-order valence-corrected chi connectivity index (χ4v) is 5.09. The van der Waals surface area contributed by atoms with Crippen LogP contribution in [0.5, 0.6) is 23.0 Å². The van der Waals surface area contributed by atoms with Crippen LogP contribution in [-0.4, -0.2) is 35.4 Å². The van der Waals surface area contributed by atoms with Gasteiger partial charge in [-0.25, -0.2) is 0 Å². The van der Waals surface area contributed by atoms with E-state index in [1.807, 2.05) is 81.1 Å². The topological polar surface area (TPSA) is 159 Å². The van der Waals surface area contributed by atoms with Crippen molar-refractivity contribution in [2.75, 3.05) is 11.1 Å². The third-order valence-electron chi connectivity index (χ3n) is 7.73. The number of carbonyl (C=O) groups is 1. The van der Waals surface area contributed by atoms with Crippen molar-refractivity contribution in [1.29, 1.82) is 5.26 Å². The van der Waals surface area contributed by atoms with Crippen molar-refractivity contribution in [1.82, 2.24) is 29.5 Å². The Morgan fingerprint density at radius 2 is 1.31 bits per heavy atom. The van der Waals surface area contributed by atoms with E-state index in [-0.39, 0.29) is 11.8 Å². The van der Waals surface area contributed by atoms with Crippen molar-refractivity contribution in [3.05, 3.63) is 145 Å². The van der Waals surface area contributed by atoms with Gasteiger partial charge in [-0.15, -0.1) is 0 Å². The number of nitrogens with two attached hydrogens (primary N) is 1. The molecule has 1 amide bonds. The van der Waals surface area contributed by atoms with Crippen molar-refractivity contribution < 1.29 is 14.3 Å². The zero-order chi connectivity index (χ0) is 36.5. The molecular weight excluding hydrogens is 654 g/mol. The van der Waals surface area contributed by atoms with E-state index in [1.165, 1.54) is 0 Å². The van der Waals surface area contributed by atoms with E-state index in [0.29, 0.717) is 39.9 Å². The number of hydrogen-bond acceptors (Lipinski definition) is 9. The highest BCUT2D eigenvalue weighted by Gasteiger charge is 2.11. The number of pyridine rings is 2. The van der Waals surface area contributed by atoms with E-state index in [2.05, 4.69) is 31.6 Å². The summed E-state index contributed by atoms with van der Waals surface area (Å²) in [4.78, 5) is 21.4. The first kappa shape index (κ1) is 34.6. The molecule has 0 bridgehead atoms. The molecule has 3 aromatic carbocycles.